The maximum Gasteiger partial charge on any atom is 0.255 e. The van der Waals surface area contributed by atoms with E-state index in [0.717, 1.165) is 5.56 Å². The topological polar surface area (TPSA) is 59.3 Å². The molecular formula is C18H12ClNO3. The molecule has 1 N–H and O–H groups in total. The monoisotopic (exact) mass is 325 g/mol. The van der Waals surface area contributed by atoms with Crippen molar-refractivity contribution in [3.05, 3.63) is 77.0 Å². The maximum atomic E-state index is 12.2. The number of amides is 1. The molecule has 2 aromatic carbocycles. The summed E-state index contributed by atoms with van der Waals surface area (Å²) in [4.78, 5) is 22.8. The third-order valence-electron chi connectivity index (χ3n) is 3.28. The standard InChI is InChI=1S/C18H12ClNO3/c19-14-5-7-15(8-6-14)20-18(22)13-3-1-12(2-4-13)17-10-9-16(11-21)23-17/h1-11H,(H,20,22). The minimum Gasteiger partial charge on any atom is -0.453 e. The molecule has 1 aromatic heterocycles. The molecule has 0 aliphatic carbocycles. The zero-order valence-corrected chi connectivity index (χ0v) is 12.7. The van der Waals surface area contributed by atoms with Crippen molar-refractivity contribution >= 4 is 29.5 Å². The summed E-state index contributed by atoms with van der Waals surface area (Å²) in [6.45, 7) is 0. The molecule has 0 saturated carbocycles. The molecule has 0 fully saturated rings. The van der Waals surface area contributed by atoms with Gasteiger partial charge in [0.2, 0.25) is 0 Å². The van der Waals surface area contributed by atoms with E-state index in [4.69, 9.17) is 16.0 Å². The molecule has 0 aliphatic heterocycles. The van der Waals surface area contributed by atoms with Crippen LogP contribution in [0.25, 0.3) is 11.3 Å². The lowest BCUT2D eigenvalue weighted by atomic mass is 10.1. The molecule has 1 heterocycles. The van der Waals surface area contributed by atoms with Gasteiger partial charge in [-0.25, -0.2) is 0 Å². The largest absolute Gasteiger partial charge is 0.453 e. The van der Waals surface area contributed by atoms with Crippen LogP contribution in [-0.2, 0) is 0 Å². The number of rotatable bonds is 4. The summed E-state index contributed by atoms with van der Waals surface area (Å²) >= 11 is 5.81. The number of halogens is 1. The van der Waals surface area contributed by atoms with E-state index < -0.39 is 0 Å². The number of aldehydes is 1. The van der Waals surface area contributed by atoms with Gasteiger partial charge >= 0.3 is 0 Å². The van der Waals surface area contributed by atoms with Crippen LogP contribution < -0.4 is 5.32 Å². The molecule has 0 aliphatic rings. The summed E-state index contributed by atoms with van der Waals surface area (Å²) in [5.41, 5.74) is 1.98. The van der Waals surface area contributed by atoms with Gasteiger partial charge < -0.3 is 9.73 Å². The smallest absolute Gasteiger partial charge is 0.255 e. The van der Waals surface area contributed by atoms with Gasteiger partial charge in [0, 0.05) is 21.8 Å². The Balaban J connectivity index is 1.74. The number of nitrogens with one attached hydrogen (secondary N) is 1. The van der Waals surface area contributed by atoms with Crippen molar-refractivity contribution in [2.75, 3.05) is 5.32 Å². The van der Waals surface area contributed by atoms with E-state index in [0.29, 0.717) is 28.3 Å². The Labute approximate surface area is 137 Å². The molecule has 0 radical (unpaired) electrons. The summed E-state index contributed by atoms with van der Waals surface area (Å²) in [7, 11) is 0. The van der Waals surface area contributed by atoms with Crippen molar-refractivity contribution in [1.29, 1.82) is 0 Å². The number of hydrogen-bond acceptors (Lipinski definition) is 3. The number of anilines is 1. The zero-order valence-electron chi connectivity index (χ0n) is 12.0. The second kappa shape index (κ2) is 6.50. The Kier molecular flexibility index (Phi) is 4.26. The van der Waals surface area contributed by atoms with Crippen molar-refractivity contribution < 1.29 is 14.0 Å². The molecule has 0 saturated heterocycles. The fourth-order valence-corrected chi connectivity index (χ4v) is 2.22. The first kappa shape index (κ1) is 15.1. The van der Waals surface area contributed by atoms with Gasteiger partial charge in [-0.05, 0) is 48.5 Å². The van der Waals surface area contributed by atoms with Gasteiger partial charge in [-0.3, -0.25) is 9.59 Å². The van der Waals surface area contributed by atoms with Gasteiger partial charge in [-0.15, -0.1) is 0 Å². The highest BCUT2D eigenvalue weighted by atomic mass is 35.5. The van der Waals surface area contributed by atoms with Crippen LogP contribution in [0.4, 0.5) is 5.69 Å². The number of furan rings is 1. The third kappa shape index (κ3) is 3.49. The Morgan fingerprint density at radius 2 is 1.65 bits per heavy atom. The average molecular weight is 326 g/mol. The average Bonchev–Trinajstić information content (AvgIpc) is 3.06. The second-order valence-corrected chi connectivity index (χ2v) is 5.29. The van der Waals surface area contributed by atoms with Crippen molar-refractivity contribution in [3.63, 3.8) is 0 Å². The van der Waals surface area contributed by atoms with Crippen molar-refractivity contribution in [1.82, 2.24) is 0 Å². The highest BCUT2D eigenvalue weighted by molar-refractivity contribution is 6.30. The van der Waals surface area contributed by atoms with Gasteiger partial charge in [0.25, 0.3) is 5.91 Å². The van der Waals surface area contributed by atoms with Crippen LogP contribution >= 0.6 is 11.6 Å². The first-order chi connectivity index (χ1) is 11.2. The quantitative estimate of drug-likeness (QED) is 0.709. The highest BCUT2D eigenvalue weighted by Crippen LogP contribution is 2.22. The SMILES string of the molecule is O=Cc1ccc(-c2ccc(C(=O)Nc3ccc(Cl)cc3)cc2)o1. The minimum atomic E-state index is -0.216. The van der Waals surface area contributed by atoms with Gasteiger partial charge in [-0.2, -0.15) is 0 Å². The van der Waals surface area contributed by atoms with E-state index >= 15 is 0 Å². The van der Waals surface area contributed by atoms with Gasteiger partial charge in [0.1, 0.15) is 5.76 Å². The summed E-state index contributed by atoms with van der Waals surface area (Å²) in [6.07, 6.45) is 0.650. The maximum absolute atomic E-state index is 12.2. The van der Waals surface area contributed by atoms with Crippen LogP contribution in [-0.4, -0.2) is 12.2 Å². The van der Waals surface area contributed by atoms with Crippen LogP contribution in [0, 0.1) is 0 Å². The Morgan fingerprint density at radius 3 is 2.26 bits per heavy atom. The number of carbonyl (C=O) groups excluding carboxylic acids is 2. The number of carbonyl (C=O) groups is 2. The molecule has 1 amide bonds. The fourth-order valence-electron chi connectivity index (χ4n) is 2.09. The lowest BCUT2D eigenvalue weighted by Crippen LogP contribution is -2.11. The number of hydrogen-bond donors (Lipinski definition) is 1. The summed E-state index contributed by atoms with van der Waals surface area (Å²) < 4.78 is 5.34. The number of benzene rings is 2. The van der Waals surface area contributed by atoms with E-state index in [1.54, 1.807) is 60.7 Å². The van der Waals surface area contributed by atoms with Crippen molar-refractivity contribution in [2.45, 2.75) is 0 Å². The molecule has 4 nitrogen and oxygen atoms in total. The Bertz CT molecular complexity index is 835. The van der Waals surface area contributed by atoms with E-state index in [-0.39, 0.29) is 11.7 Å². The molecule has 0 bridgehead atoms. The zero-order chi connectivity index (χ0) is 16.2. The molecule has 5 heteroatoms. The van der Waals surface area contributed by atoms with E-state index in [2.05, 4.69) is 5.32 Å². The molecule has 0 atom stereocenters. The fraction of sp³-hybridized carbons (Fsp3) is 0. The first-order valence-electron chi connectivity index (χ1n) is 6.88. The van der Waals surface area contributed by atoms with Gasteiger partial charge in [-0.1, -0.05) is 23.7 Å². The molecule has 0 unspecified atom stereocenters. The van der Waals surface area contributed by atoms with Crippen LogP contribution in [0.1, 0.15) is 20.9 Å². The minimum absolute atomic E-state index is 0.216. The van der Waals surface area contributed by atoms with Crippen LogP contribution in [0.15, 0.2) is 65.1 Å². The second-order valence-electron chi connectivity index (χ2n) is 4.86. The summed E-state index contributed by atoms with van der Waals surface area (Å²) in [5.74, 6) is 0.633. The van der Waals surface area contributed by atoms with Gasteiger partial charge in [0.15, 0.2) is 12.0 Å². The Hall–Kier alpha value is -2.85. The van der Waals surface area contributed by atoms with Crippen LogP contribution in [0.5, 0.6) is 0 Å². The molecule has 0 spiro atoms. The molecule has 114 valence electrons. The van der Waals surface area contributed by atoms with Gasteiger partial charge in [0.05, 0.1) is 0 Å². The van der Waals surface area contributed by atoms with E-state index in [1.165, 1.54) is 0 Å². The Morgan fingerprint density at radius 1 is 0.957 bits per heavy atom. The summed E-state index contributed by atoms with van der Waals surface area (Å²) in [6, 6.07) is 17.1. The van der Waals surface area contributed by atoms with E-state index in [1.807, 2.05) is 0 Å². The van der Waals surface area contributed by atoms with Crippen LogP contribution in [0.2, 0.25) is 5.02 Å². The molecule has 23 heavy (non-hydrogen) atoms. The predicted molar refractivity (Wildman–Crippen MR) is 88.9 cm³/mol. The van der Waals surface area contributed by atoms with Crippen molar-refractivity contribution in [2.24, 2.45) is 0 Å². The van der Waals surface area contributed by atoms with E-state index in [9.17, 15) is 9.59 Å². The van der Waals surface area contributed by atoms with Crippen molar-refractivity contribution in [3.8, 4) is 11.3 Å². The lowest BCUT2D eigenvalue weighted by molar-refractivity contribution is 0.102. The van der Waals surface area contributed by atoms with Crippen LogP contribution in [0.3, 0.4) is 0 Å². The molecule has 3 rings (SSSR count). The normalized spacial score (nSPS) is 10.3. The molecular weight excluding hydrogens is 314 g/mol. The highest BCUT2D eigenvalue weighted by Gasteiger charge is 2.08. The summed E-state index contributed by atoms with van der Waals surface area (Å²) in [5, 5.41) is 3.40. The molecule has 3 aromatic rings. The first-order valence-corrected chi connectivity index (χ1v) is 7.26. The lowest BCUT2D eigenvalue weighted by Gasteiger charge is -2.06. The third-order valence-corrected chi connectivity index (χ3v) is 3.53. The predicted octanol–water partition coefficient (Wildman–Crippen LogP) is 4.66.